The molecule has 1 fully saturated rings. The van der Waals surface area contributed by atoms with E-state index >= 15 is 0 Å². The van der Waals surface area contributed by atoms with Crippen LogP contribution in [0.1, 0.15) is 49.4 Å². The number of alkyl halides is 6. The highest BCUT2D eigenvalue weighted by atomic mass is 19.4. The van der Waals surface area contributed by atoms with Gasteiger partial charge in [-0.05, 0) is 80.3 Å². The first-order chi connectivity index (χ1) is 20.7. The number of hydrogen-bond acceptors (Lipinski definition) is 4. The minimum atomic E-state index is -5.08. The predicted molar refractivity (Wildman–Crippen MR) is 156 cm³/mol. The lowest BCUT2D eigenvalue weighted by atomic mass is 9.81. The van der Waals surface area contributed by atoms with E-state index in [0.29, 0.717) is 54.2 Å². The smallest absolute Gasteiger partial charge is 0.354 e. The highest BCUT2D eigenvalue weighted by molar-refractivity contribution is 6.03. The molecule has 0 bridgehead atoms. The minimum Gasteiger partial charge on any atom is -0.354 e. The Hall–Kier alpha value is -4.16. The average Bonchev–Trinajstić information content (AvgIpc) is 3.45. The molecule has 0 saturated carbocycles. The fourth-order valence-corrected chi connectivity index (χ4v) is 5.51. The van der Waals surface area contributed by atoms with Crippen LogP contribution in [0, 0.1) is 12.7 Å². The predicted octanol–water partition coefficient (Wildman–Crippen LogP) is 7.23. The number of halogens is 7. The zero-order valence-electron chi connectivity index (χ0n) is 25.6. The van der Waals surface area contributed by atoms with Crippen LogP contribution in [-0.2, 0) is 27.4 Å². The summed E-state index contributed by atoms with van der Waals surface area (Å²) in [6, 6.07) is 6.84. The van der Waals surface area contributed by atoms with Crippen molar-refractivity contribution in [3.63, 3.8) is 0 Å². The molecule has 1 atom stereocenters. The van der Waals surface area contributed by atoms with Gasteiger partial charge in [0.25, 0.3) is 0 Å². The monoisotopic (exact) mass is 638 g/mol. The molecule has 0 unspecified atom stereocenters. The number of benzene rings is 2. The number of carbonyl (C=O) groups excluding carboxylic acids is 2. The van der Waals surface area contributed by atoms with Crippen molar-refractivity contribution in [1.29, 1.82) is 0 Å². The Labute approximate surface area is 256 Å². The summed E-state index contributed by atoms with van der Waals surface area (Å²) in [5.41, 5.74) is -3.63. The van der Waals surface area contributed by atoms with Crippen LogP contribution in [0.2, 0.25) is 0 Å². The second kappa shape index (κ2) is 12.0. The second-order valence-corrected chi connectivity index (χ2v) is 11.8. The summed E-state index contributed by atoms with van der Waals surface area (Å²) in [7, 11) is 3.07. The molecule has 1 saturated heterocycles. The Morgan fingerprint density at radius 1 is 0.889 bits per heavy atom. The molecule has 45 heavy (non-hydrogen) atoms. The molecule has 1 aromatic heterocycles. The lowest BCUT2D eigenvalue weighted by molar-refractivity contribution is -0.143. The van der Waals surface area contributed by atoms with E-state index in [1.165, 1.54) is 52.2 Å². The number of rotatable bonds is 6. The molecular formula is C32H33F7N4O2. The number of nitrogens with zero attached hydrogens (tertiary/aromatic N) is 4. The van der Waals surface area contributed by atoms with Gasteiger partial charge in [-0.3, -0.25) is 9.59 Å². The molecule has 0 spiro atoms. The Morgan fingerprint density at radius 3 is 2.00 bits per heavy atom. The van der Waals surface area contributed by atoms with Crippen molar-refractivity contribution in [1.82, 2.24) is 9.88 Å². The molecule has 2 heterocycles. The quantitative estimate of drug-likeness (QED) is 0.268. The van der Waals surface area contributed by atoms with Crippen molar-refractivity contribution in [2.75, 3.05) is 37.0 Å². The SMILES string of the molecule is CC(=O)N(C)[C@H]1CCN(c2cc(-c3ccc(F)cc3C)c(N(C)C(=O)C(C)(C)c3cc(C(F)(F)F)cc(C(F)(F)F)c3)cn2)C1. The van der Waals surface area contributed by atoms with Crippen LogP contribution >= 0.6 is 0 Å². The van der Waals surface area contributed by atoms with E-state index in [1.807, 2.05) is 4.90 Å². The first-order valence-corrected chi connectivity index (χ1v) is 14.0. The number of pyridine rings is 1. The summed E-state index contributed by atoms with van der Waals surface area (Å²) >= 11 is 0. The Kier molecular flexibility index (Phi) is 8.98. The van der Waals surface area contributed by atoms with Gasteiger partial charge in [-0.15, -0.1) is 0 Å². The van der Waals surface area contributed by atoms with Gasteiger partial charge >= 0.3 is 12.4 Å². The Bertz CT molecular complexity index is 1590. The van der Waals surface area contributed by atoms with Crippen LogP contribution in [-0.4, -0.2) is 54.9 Å². The molecule has 1 aliphatic heterocycles. The van der Waals surface area contributed by atoms with E-state index in [4.69, 9.17) is 0 Å². The number of carbonyl (C=O) groups is 2. The highest BCUT2D eigenvalue weighted by Crippen LogP contribution is 2.41. The number of aromatic nitrogens is 1. The standard InChI is InChI=1S/C32H33F7N4O2/c1-18-11-23(33)7-8-25(18)26-15-28(43-10-9-24(17-43)41(5)19(2)44)40-16-27(26)42(6)29(45)30(3,4)20-12-21(31(34,35)36)14-22(13-20)32(37,38)39/h7-8,11-16,24H,9-10,17H2,1-6H3/t24-/m0/s1. The first kappa shape index (κ1) is 33.7. The summed E-state index contributed by atoms with van der Waals surface area (Å²) < 4.78 is 95.7. The molecule has 242 valence electrons. The van der Waals surface area contributed by atoms with Crippen LogP contribution in [0.25, 0.3) is 11.1 Å². The van der Waals surface area contributed by atoms with Gasteiger partial charge in [-0.25, -0.2) is 9.37 Å². The van der Waals surface area contributed by atoms with Crippen LogP contribution in [0.3, 0.4) is 0 Å². The van der Waals surface area contributed by atoms with E-state index < -0.39 is 46.2 Å². The van der Waals surface area contributed by atoms with E-state index in [0.717, 1.165) is 4.90 Å². The third-order valence-corrected chi connectivity index (χ3v) is 8.39. The lowest BCUT2D eigenvalue weighted by Gasteiger charge is -2.32. The van der Waals surface area contributed by atoms with E-state index in [2.05, 4.69) is 4.98 Å². The van der Waals surface area contributed by atoms with Gasteiger partial charge in [0.15, 0.2) is 0 Å². The Balaban J connectivity index is 1.79. The van der Waals surface area contributed by atoms with Gasteiger partial charge in [-0.2, -0.15) is 26.3 Å². The number of hydrogen-bond donors (Lipinski definition) is 0. The highest BCUT2D eigenvalue weighted by Gasteiger charge is 2.41. The third-order valence-electron chi connectivity index (χ3n) is 8.39. The molecule has 13 heteroatoms. The molecule has 6 nitrogen and oxygen atoms in total. The molecule has 0 aliphatic carbocycles. The lowest BCUT2D eigenvalue weighted by Crippen LogP contribution is -2.42. The summed E-state index contributed by atoms with van der Waals surface area (Å²) in [4.78, 5) is 35.1. The summed E-state index contributed by atoms with van der Waals surface area (Å²) in [5.74, 6) is -0.851. The average molecular weight is 639 g/mol. The van der Waals surface area contributed by atoms with Crippen molar-refractivity contribution < 1.29 is 40.3 Å². The maximum Gasteiger partial charge on any atom is 0.416 e. The van der Waals surface area contributed by atoms with Crippen molar-refractivity contribution in [3.05, 3.63) is 76.7 Å². The van der Waals surface area contributed by atoms with E-state index in [9.17, 15) is 40.3 Å². The number of amides is 2. The maximum atomic E-state index is 14.1. The number of aryl methyl sites for hydroxylation is 1. The van der Waals surface area contributed by atoms with Crippen LogP contribution in [0.4, 0.5) is 42.2 Å². The van der Waals surface area contributed by atoms with Gasteiger partial charge in [0.1, 0.15) is 11.6 Å². The Morgan fingerprint density at radius 2 is 1.47 bits per heavy atom. The molecule has 2 aromatic carbocycles. The first-order valence-electron chi connectivity index (χ1n) is 14.0. The number of likely N-dealkylation sites (N-methyl/N-ethyl adjacent to an activating group) is 2. The topological polar surface area (TPSA) is 56.8 Å². The summed E-state index contributed by atoms with van der Waals surface area (Å²) in [6.07, 6.45) is -8.08. The second-order valence-electron chi connectivity index (χ2n) is 11.8. The maximum absolute atomic E-state index is 14.1. The van der Waals surface area contributed by atoms with Crippen LogP contribution in [0.5, 0.6) is 0 Å². The van der Waals surface area contributed by atoms with Crippen LogP contribution in [0.15, 0.2) is 48.7 Å². The molecule has 3 aromatic rings. The zero-order valence-corrected chi connectivity index (χ0v) is 25.6. The van der Waals surface area contributed by atoms with Gasteiger partial charge in [0, 0.05) is 39.7 Å². The summed E-state index contributed by atoms with van der Waals surface area (Å²) in [6.45, 7) is 6.72. The van der Waals surface area contributed by atoms with E-state index in [-0.39, 0.29) is 23.7 Å². The zero-order chi connectivity index (χ0) is 33.6. The van der Waals surface area contributed by atoms with E-state index in [1.54, 1.807) is 24.9 Å². The summed E-state index contributed by atoms with van der Waals surface area (Å²) in [5, 5.41) is 0. The molecule has 1 aliphatic rings. The largest absolute Gasteiger partial charge is 0.416 e. The van der Waals surface area contributed by atoms with Gasteiger partial charge in [0.05, 0.1) is 34.5 Å². The fraction of sp³-hybridized carbons (Fsp3) is 0.406. The third kappa shape index (κ3) is 6.91. The molecule has 4 rings (SSSR count). The van der Waals surface area contributed by atoms with Crippen LogP contribution < -0.4 is 9.80 Å². The van der Waals surface area contributed by atoms with Crippen molar-refractivity contribution in [2.24, 2.45) is 0 Å². The van der Waals surface area contributed by atoms with Gasteiger partial charge in [-0.1, -0.05) is 6.07 Å². The minimum absolute atomic E-state index is 0.0168. The van der Waals surface area contributed by atoms with Crippen molar-refractivity contribution >= 4 is 23.3 Å². The molecule has 0 radical (unpaired) electrons. The van der Waals surface area contributed by atoms with Crippen molar-refractivity contribution in [3.8, 4) is 11.1 Å². The molecule has 2 amide bonds. The normalized spacial score (nSPS) is 15.8. The molecule has 0 N–H and O–H groups in total. The van der Waals surface area contributed by atoms with Gasteiger partial charge in [0.2, 0.25) is 11.8 Å². The van der Waals surface area contributed by atoms with Crippen molar-refractivity contribution in [2.45, 2.75) is 57.9 Å². The van der Waals surface area contributed by atoms with Gasteiger partial charge < -0.3 is 14.7 Å². The fourth-order valence-electron chi connectivity index (χ4n) is 5.51. The number of anilines is 2. The molecular weight excluding hydrogens is 605 g/mol.